The van der Waals surface area contributed by atoms with Crippen LogP contribution in [0.25, 0.3) is 0 Å². The molecular formula is C10H12N2O6S. The first kappa shape index (κ1) is 13.7. The van der Waals surface area contributed by atoms with Crippen LogP contribution >= 0.6 is 11.8 Å². The molecule has 0 radical (unpaired) electrons. The molecule has 0 aromatic carbocycles. The van der Waals surface area contributed by atoms with E-state index in [0.717, 1.165) is 16.7 Å². The fourth-order valence-electron chi connectivity index (χ4n) is 2.09. The van der Waals surface area contributed by atoms with Gasteiger partial charge >= 0.3 is 12.1 Å². The Labute approximate surface area is 112 Å². The van der Waals surface area contributed by atoms with E-state index in [4.69, 9.17) is 10.8 Å². The van der Waals surface area contributed by atoms with Gasteiger partial charge in [0.05, 0.1) is 16.9 Å². The highest BCUT2D eigenvalue weighted by atomic mass is 32.2. The molecule has 0 spiro atoms. The van der Waals surface area contributed by atoms with E-state index in [-0.39, 0.29) is 17.2 Å². The highest BCUT2D eigenvalue weighted by Gasteiger charge is 2.57. The lowest BCUT2D eigenvalue weighted by molar-refractivity contribution is -0.156. The van der Waals surface area contributed by atoms with Crippen molar-refractivity contribution in [2.24, 2.45) is 11.7 Å². The summed E-state index contributed by atoms with van der Waals surface area (Å²) >= 11 is 1.09. The normalized spacial score (nSPS) is 26.8. The van der Waals surface area contributed by atoms with Crippen LogP contribution in [0.4, 0.5) is 4.79 Å². The standard InChI is InChI=1S/C10H12N2O6S/c1-3(13)5-7(14)12-6(9(15)16)4(19-8(5)12)2-18-10(11)17/h3,5,8,13H,2H2,1H3,(H2,11,17)(H,15,16)/t3-,5?,8+/m1/s1. The quantitative estimate of drug-likeness (QED) is 0.582. The van der Waals surface area contributed by atoms with Gasteiger partial charge in [-0.15, -0.1) is 0 Å². The number of carbonyl (C=O) groups excluding carboxylic acids is 2. The van der Waals surface area contributed by atoms with Gasteiger partial charge in [-0.05, 0) is 6.92 Å². The molecule has 2 amide bonds. The number of thioether (sulfide) groups is 1. The molecule has 2 rings (SSSR count). The number of amides is 2. The number of ether oxygens (including phenoxy) is 1. The summed E-state index contributed by atoms with van der Waals surface area (Å²) in [6.07, 6.45) is -1.89. The van der Waals surface area contributed by atoms with Gasteiger partial charge < -0.3 is 20.7 Å². The van der Waals surface area contributed by atoms with Crippen LogP contribution < -0.4 is 5.73 Å². The molecule has 2 heterocycles. The Morgan fingerprint density at radius 1 is 1.58 bits per heavy atom. The minimum atomic E-state index is -1.28. The number of carbonyl (C=O) groups is 3. The van der Waals surface area contributed by atoms with Gasteiger partial charge in [0.1, 0.15) is 17.7 Å². The number of hydrogen-bond acceptors (Lipinski definition) is 6. The number of β-lactam (4-membered cyclic amide) rings is 1. The van der Waals surface area contributed by atoms with Crippen LogP contribution in [0.1, 0.15) is 6.92 Å². The van der Waals surface area contributed by atoms with E-state index < -0.39 is 35.4 Å². The van der Waals surface area contributed by atoms with Crippen molar-refractivity contribution in [3.05, 3.63) is 10.6 Å². The average Bonchev–Trinajstić information content (AvgIpc) is 2.60. The Kier molecular flexibility index (Phi) is 3.42. The van der Waals surface area contributed by atoms with Crippen LogP contribution in [-0.2, 0) is 14.3 Å². The number of fused-ring (bicyclic) bond motifs is 1. The molecule has 0 aromatic heterocycles. The average molecular weight is 288 g/mol. The summed E-state index contributed by atoms with van der Waals surface area (Å²) in [5, 5.41) is 18.1. The Balaban J connectivity index is 2.21. The molecule has 9 heteroatoms. The van der Waals surface area contributed by atoms with Crippen molar-refractivity contribution < 1.29 is 29.3 Å². The second-order valence-electron chi connectivity index (χ2n) is 4.17. The van der Waals surface area contributed by atoms with E-state index in [2.05, 4.69) is 4.74 Å². The fourth-order valence-corrected chi connectivity index (χ4v) is 3.61. The first-order chi connectivity index (χ1) is 8.84. The van der Waals surface area contributed by atoms with Crippen LogP contribution in [0.3, 0.4) is 0 Å². The molecule has 2 aliphatic rings. The molecule has 0 aliphatic carbocycles. The third kappa shape index (κ3) is 2.15. The zero-order valence-corrected chi connectivity index (χ0v) is 10.7. The van der Waals surface area contributed by atoms with Gasteiger partial charge in [0.2, 0.25) is 5.91 Å². The molecule has 8 nitrogen and oxygen atoms in total. The van der Waals surface area contributed by atoms with E-state index >= 15 is 0 Å². The highest BCUT2D eigenvalue weighted by Crippen LogP contribution is 2.50. The van der Waals surface area contributed by atoms with Crippen molar-refractivity contribution in [1.82, 2.24) is 4.90 Å². The van der Waals surface area contributed by atoms with Gasteiger partial charge in [-0.25, -0.2) is 9.59 Å². The lowest BCUT2D eigenvalue weighted by atomic mass is 9.92. The third-order valence-corrected chi connectivity index (χ3v) is 4.26. The molecule has 104 valence electrons. The molecule has 3 atom stereocenters. The Bertz CT molecular complexity index is 488. The summed E-state index contributed by atoms with van der Waals surface area (Å²) in [4.78, 5) is 34.9. The van der Waals surface area contributed by atoms with E-state index in [1.807, 2.05) is 0 Å². The summed E-state index contributed by atoms with van der Waals surface area (Å²) in [5.41, 5.74) is 4.61. The molecule has 2 aliphatic heterocycles. The largest absolute Gasteiger partial charge is 0.477 e. The minimum absolute atomic E-state index is 0.210. The Morgan fingerprint density at radius 2 is 2.21 bits per heavy atom. The van der Waals surface area contributed by atoms with Gasteiger partial charge in [-0.1, -0.05) is 11.8 Å². The van der Waals surface area contributed by atoms with Gasteiger partial charge in [0.15, 0.2) is 0 Å². The van der Waals surface area contributed by atoms with Crippen molar-refractivity contribution in [2.45, 2.75) is 18.4 Å². The topological polar surface area (TPSA) is 130 Å². The summed E-state index contributed by atoms with van der Waals surface area (Å²) in [7, 11) is 0. The molecular weight excluding hydrogens is 276 g/mol. The zero-order chi connectivity index (χ0) is 14.3. The molecule has 0 bridgehead atoms. The number of hydrogen-bond donors (Lipinski definition) is 3. The molecule has 19 heavy (non-hydrogen) atoms. The highest BCUT2D eigenvalue weighted by molar-refractivity contribution is 8.04. The van der Waals surface area contributed by atoms with E-state index in [1.165, 1.54) is 6.92 Å². The van der Waals surface area contributed by atoms with Gasteiger partial charge in [-0.3, -0.25) is 9.69 Å². The maximum Gasteiger partial charge on any atom is 0.404 e. The lowest BCUT2D eigenvalue weighted by Gasteiger charge is -2.43. The van der Waals surface area contributed by atoms with Crippen LogP contribution in [0, 0.1) is 5.92 Å². The predicted octanol–water partition coefficient (Wildman–Crippen LogP) is -0.710. The molecule has 4 N–H and O–H groups in total. The van der Waals surface area contributed by atoms with Crippen molar-refractivity contribution in [3.63, 3.8) is 0 Å². The van der Waals surface area contributed by atoms with Crippen LogP contribution in [0.5, 0.6) is 0 Å². The number of carboxylic acids is 1. The Hall–Kier alpha value is -1.74. The number of aliphatic hydroxyl groups excluding tert-OH is 1. The first-order valence-corrected chi connectivity index (χ1v) is 6.29. The predicted molar refractivity (Wildman–Crippen MR) is 63.6 cm³/mol. The number of rotatable bonds is 4. The van der Waals surface area contributed by atoms with Crippen molar-refractivity contribution in [1.29, 1.82) is 0 Å². The van der Waals surface area contributed by atoms with E-state index in [1.54, 1.807) is 0 Å². The number of primary amides is 1. The molecule has 1 unspecified atom stereocenters. The summed E-state index contributed by atoms with van der Waals surface area (Å²) in [6.45, 7) is 1.17. The van der Waals surface area contributed by atoms with E-state index in [0.29, 0.717) is 0 Å². The van der Waals surface area contributed by atoms with Gasteiger partial charge in [0.25, 0.3) is 0 Å². The zero-order valence-electron chi connectivity index (χ0n) is 9.90. The third-order valence-electron chi connectivity index (χ3n) is 2.92. The number of nitrogens with two attached hydrogens (primary N) is 1. The summed E-state index contributed by atoms with van der Waals surface area (Å²) < 4.78 is 4.56. The molecule has 1 fully saturated rings. The molecule has 1 saturated heterocycles. The molecule has 0 saturated carbocycles. The Morgan fingerprint density at radius 3 is 2.68 bits per heavy atom. The van der Waals surface area contributed by atoms with Crippen molar-refractivity contribution in [2.75, 3.05) is 6.61 Å². The van der Waals surface area contributed by atoms with Gasteiger partial charge in [0, 0.05) is 0 Å². The van der Waals surface area contributed by atoms with Crippen LogP contribution in [-0.4, -0.2) is 51.2 Å². The van der Waals surface area contributed by atoms with Crippen molar-refractivity contribution >= 4 is 29.7 Å². The second kappa shape index (κ2) is 4.74. The lowest BCUT2D eigenvalue weighted by Crippen LogP contribution is -2.60. The SMILES string of the molecule is C[C@@H](O)C1C(=O)N2C(C(=O)O)=C(COC(N)=O)S[C@@H]12. The summed E-state index contributed by atoms with van der Waals surface area (Å²) in [5.74, 6) is -2.38. The number of nitrogens with zero attached hydrogens (tertiary/aromatic N) is 1. The monoisotopic (exact) mass is 288 g/mol. The first-order valence-electron chi connectivity index (χ1n) is 5.41. The number of aliphatic carboxylic acids is 1. The second-order valence-corrected chi connectivity index (χ2v) is 5.38. The van der Waals surface area contributed by atoms with Gasteiger partial charge in [-0.2, -0.15) is 0 Å². The molecule has 0 aromatic rings. The maximum atomic E-state index is 11.8. The maximum absolute atomic E-state index is 11.8. The smallest absolute Gasteiger partial charge is 0.404 e. The minimum Gasteiger partial charge on any atom is -0.477 e. The summed E-state index contributed by atoms with van der Waals surface area (Å²) in [6, 6.07) is 0. The van der Waals surface area contributed by atoms with Crippen LogP contribution in [0.15, 0.2) is 10.6 Å². The van der Waals surface area contributed by atoms with Crippen molar-refractivity contribution in [3.8, 4) is 0 Å². The number of aliphatic hydroxyl groups is 1. The van der Waals surface area contributed by atoms with Crippen LogP contribution in [0.2, 0.25) is 0 Å². The van der Waals surface area contributed by atoms with E-state index in [9.17, 15) is 19.5 Å². The number of carboxylic acid groups (broad SMARTS) is 1. The fraction of sp³-hybridized carbons (Fsp3) is 0.500.